The van der Waals surface area contributed by atoms with Crippen LogP contribution in [-0.2, 0) is 17.7 Å². The highest BCUT2D eigenvalue weighted by Crippen LogP contribution is 2.26. The van der Waals surface area contributed by atoms with E-state index in [-0.39, 0.29) is 6.09 Å². The number of benzene rings is 1. The van der Waals surface area contributed by atoms with Crippen LogP contribution in [0.15, 0.2) is 18.2 Å². The van der Waals surface area contributed by atoms with Gasteiger partial charge < -0.3 is 9.64 Å². The standard InChI is InChI=1S/C20H30N2O2/c1-15-5-6-16-7-10-22(14-17(16)13-15)18-8-11-21(12-9-18)19(23)24-20(2,3)4/h5-6,13,18H,7-12,14H2,1-4H3. The summed E-state index contributed by atoms with van der Waals surface area (Å²) in [4.78, 5) is 16.7. The Kier molecular flexibility index (Phi) is 4.86. The Hall–Kier alpha value is -1.55. The van der Waals surface area contributed by atoms with Gasteiger partial charge in [-0.05, 0) is 58.1 Å². The maximum atomic E-state index is 12.2. The van der Waals surface area contributed by atoms with Gasteiger partial charge in [0, 0.05) is 32.2 Å². The number of fused-ring (bicyclic) bond motifs is 1. The summed E-state index contributed by atoms with van der Waals surface area (Å²) in [5.74, 6) is 0. The topological polar surface area (TPSA) is 32.8 Å². The van der Waals surface area contributed by atoms with Crippen LogP contribution in [0, 0.1) is 6.92 Å². The summed E-state index contributed by atoms with van der Waals surface area (Å²) in [5, 5.41) is 0. The molecule has 1 aromatic carbocycles. The minimum Gasteiger partial charge on any atom is -0.444 e. The van der Waals surface area contributed by atoms with Crippen molar-refractivity contribution in [2.24, 2.45) is 0 Å². The predicted molar refractivity (Wildman–Crippen MR) is 96.1 cm³/mol. The third kappa shape index (κ3) is 4.10. The van der Waals surface area contributed by atoms with E-state index in [0.29, 0.717) is 6.04 Å². The molecule has 2 aliphatic rings. The monoisotopic (exact) mass is 330 g/mol. The number of nitrogens with zero attached hydrogens (tertiary/aromatic N) is 2. The molecule has 1 amide bonds. The number of hydrogen-bond donors (Lipinski definition) is 0. The van der Waals surface area contributed by atoms with Gasteiger partial charge in [-0.15, -0.1) is 0 Å². The van der Waals surface area contributed by atoms with Gasteiger partial charge in [-0.25, -0.2) is 4.79 Å². The van der Waals surface area contributed by atoms with E-state index in [1.54, 1.807) is 0 Å². The van der Waals surface area contributed by atoms with Gasteiger partial charge in [0.1, 0.15) is 5.60 Å². The first-order chi connectivity index (χ1) is 11.3. The lowest BCUT2D eigenvalue weighted by molar-refractivity contribution is 0.0134. The highest BCUT2D eigenvalue weighted by atomic mass is 16.6. The molecule has 0 saturated carbocycles. The molecule has 132 valence electrons. The zero-order valence-corrected chi connectivity index (χ0v) is 15.5. The first-order valence-corrected chi connectivity index (χ1v) is 9.12. The van der Waals surface area contributed by atoms with Crippen LogP contribution in [0.1, 0.15) is 50.3 Å². The van der Waals surface area contributed by atoms with Crippen molar-refractivity contribution in [2.75, 3.05) is 19.6 Å². The van der Waals surface area contributed by atoms with E-state index in [1.165, 1.54) is 16.7 Å². The number of amides is 1. The van der Waals surface area contributed by atoms with E-state index >= 15 is 0 Å². The lowest BCUT2D eigenvalue weighted by atomic mass is 9.94. The molecular formula is C20H30N2O2. The molecule has 0 atom stereocenters. The second-order valence-corrected chi connectivity index (χ2v) is 8.19. The first-order valence-electron chi connectivity index (χ1n) is 9.12. The van der Waals surface area contributed by atoms with Crippen molar-refractivity contribution in [3.63, 3.8) is 0 Å². The summed E-state index contributed by atoms with van der Waals surface area (Å²) >= 11 is 0. The molecular weight excluding hydrogens is 300 g/mol. The first kappa shape index (κ1) is 17.3. The molecule has 0 spiro atoms. The molecule has 0 unspecified atom stereocenters. The minimum absolute atomic E-state index is 0.166. The zero-order chi connectivity index (χ0) is 17.3. The van der Waals surface area contributed by atoms with Gasteiger partial charge in [0.25, 0.3) is 0 Å². The Morgan fingerprint density at radius 3 is 2.50 bits per heavy atom. The summed E-state index contributed by atoms with van der Waals surface area (Å²) in [6.45, 7) is 11.7. The highest BCUT2D eigenvalue weighted by molar-refractivity contribution is 5.68. The number of carbonyl (C=O) groups is 1. The van der Waals surface area contributed by atoms with Crippen molar-refractivity contribution in [2.45, 2.75) is 65.1 Å². The Balaban J connectivity index is 1.55. The number of ether oxygens (including phenoxy) is 1. The number of rotatable bonds is 1. The second-order valence-electron chi connectivity index (χ2n) is 8.19. The molecule has 0 radical (unpaired) electrons. The van der Waals surface area contributed by atoms with Gasteiger partial charge in [-0.1, -0.05) is 23.8 Å². The SMILES string of the molecule is Cc1ccc2c(c1)CN(C1CCN(C(=O)OC(C)(C)C)CC1)CC2. The van der Waals surface area contributed by atoms with Crippen molar-refractivity contribution in [3.8, 4) is 0 Å². The normalized spacial score (nSPS) is 19.9. The summed E-state index contributed by atoms with van der Waals surface area (Å²) in [7, 11) is 0. The second kappa shape index (κ2) is 6.75. The molecule has 1 fully saturated rings. The third-order valence-electron chi connectivity index (χ3n) is 5.04. The third-order valence-corrected chi connectivity index (χ3v) is 5.04. The van der Waals surface area contributed by atoms with Crippen LogP contribution in [0.25, 0.3) is 0 Å². The maximum Gasteiger partial charge on any atom is 0.410 e. The lowest BCUT2D eigenvalue weighted by Crippen LogP contribution is -2.49. The van der Waals surface area contributed by atoms with Crippen LogP contribution in [0.2, 0.25) is 0 Å². The molecule has 3 rings (SSSR count). The molecule has 0 bridgehead atoms. The van der Waals surface area contributed by atoms with Crippen molar-refractivity contribution in [1.82, 2.24) is 9.80 Å². The average molecular weight is 330 g/mol. The number of likely N-dealkylation sites (tertiary alicyclic amines) is 1. The van der Waals surface area contributed by atoms with Crippen LogP contribution >= 0.6 is 0 Å². The van der Waals surface area contributed by atoms with Crippen molar-refractivity contribution in [1.29, 1.82) is 0 Å². The quantitative estimate of drug-likeness (QED) is 0.786. The van der Waals surface area contributed by atoms with E-state index in [4.69, 9.17) is 4.74 Å². The van der Waals surface area contributed by atoms with Gasteiger partial charge in [-0.2, -0.15) is 0 Å². The van der Waals surface area contributed by atoms with Crippen LogP contribution in [0.3, 0.4) is 0 Å². The van der Waals surface area contributed by atoms with Gasteiger partial charge in [-0.3, -0.25) is 4.90 Å². The predicted octanol–water partition coefficient (Wildman–Crippen LogP) is 3.75. The molecule has 0 aliphatic carbocycles. The number of hydrogen-bond acceptors (Lipinski definition) is 3. The largest absolute Gasteiger partial charge is 0.444 e. The Bertz CT molecular complexity index is 598. The summed E-state index contributed by atoms with van der Waals surface area (Å²) in [6.07, 6.45) is 3.06. The molecule has 0 N–H and O–H groups in total. The zero-order valence-electron chi connectivity index (χ0n) is 15.5. The molecule has 1 aromatic rings. The molecule has 4 heteroatoms. The Labute approximate surface area is 145 Å². The highest BCUT2D eigenvalue weighted by Gasteiger charge is 2.30. The van der Waals surface area contributed by atoms with Gasteiger partial charge in [0.05, 0.1) is 0 Å². The van der Waals surface area contributed by atoms with Crippen molar-refractivity contribution < 1.29 is 9.53 Å². The summed E-state index contributed by atoms with van der Waals surface area (Å²) in [5.41, 5.74) is 3.91. The van der Waals surface area contributed by atoms with Crippen molar-refractivity contribution >= 4 is 6.09 Å². The van der Waals surface area contributed by atoms with Gasteiger partial charge in [0.2, 0.25) is 0 Å². The molecule has 2 heterocycles. The summed E-state index contributed by atoms with van der Waals surface area (Å²) in [6, 6.07) is 7.41. The Morgan fingerprint density at radius 1 is 1.12 bits per heavy atom. The fourth-order valence-corrected chi connectivity index (χ4v) is 3.76. The van der Waals surface area contributed by atoms with E-state index in [0.717, 1.165) is 45.4 Å². The van der Waals surface area contributed by atoms with E-state index in [1.807, 2.05) is 25.7 Å². The molecule has 4 nitrogen and oxygen atoms in total. The number of aryl methyl sites for hydroxylation is 1. The van der Waals surface area contributed by atoms with Crippen LogP contribution < -0.4 is 0 Å². The van der Waals surface area contributed by atoms with Crippen LogP contribution in [-0.4, -0.2) is 47.2 Å². The van der Waals surface area contributed by atoms with E-state index in [9.17, 15) is 4.79 Å². The average Bonchev–Trinajstić information content (AvgIpc) is 2.52. The van der Waals surface area contributed by atoms with Crippen LogP contribution in [0.4, 0.5) is 4.79 Å². The lowest BCUT2D eigenvalue weighted by Gasteiger charge is -2.40. The van der Waals surface area contributed by atoms with E-state index < -0.39 is 5.60 Å². The number of piperidine rings is 1. The minimum atomic E-state index is -0.414. The Morgan fingerprint density at radius 2 is 1.83 bits per heavy atom. The fourth-order valence-electron chi connectivity index (χ4n) is 3.76. The molecule has 24 heavy (non-hydrogen) atoms. The van der Waals surface area contributed by atoms with Crippen LogP contribution in [0.5, 0.6) is 0 Å². The maximum absolute atomic E-state index is 12.2. The van der Waals surface area contributed by atoms with Gasteiger partial charge >= 0.3 is 6.09 Å². The molecule has 2 aliphatic heterocycles. The molecule has 1 saturated heterocycles. The number of carbonyl (C=O) groups excluding carboxylic acids is 1. The smallest absolute Gasteiger partial charge is 0.410 e. The van der Waals surface area contributed by atoms with Gasteiger partial charge in [0.15, 0.2) is 0 Å². The van der Waals surface area contributed by atoms with E-state index in [2.05, 4.69) is 30.0 Å². The van der Waals surface area contributed by atoms with Crippen molar-refractivity contribution in [3.05, 3.63) is 34.9 Å². The fraction of sp³-hybridized carbons (Fsp3) is 0.650. The summed E-state index contributed by atoms with van der Waals surface area (Å²) < 4.78 is 5.49. The molecule has 0 aromatic heterocycles.